The maximum Gasteiger partial charge on any atom is 0.416 e. The fourth-order valence-corrected chi connectivity index (χ4v) is 6.95. The number of amides is 1. The minimum atomic E-state index is -4.44. The van der Waals surface area contributed by atoms with Crippen molar-refractivity contribution in [3.8, 4) is 22.3 Å². The molecular formula is C40H41F6N3O. The van der Waals surface area contributed by atoms with Crippen molar-refractivity contribution in [2.45, 2.75) is 50.4 Å². The van der Waals surface area contributed by atoms with Gasteiger partial charge in [0, 0.05) is 17.8 Å². The zero-order valence-corrected chi connectivity index (χ0v) is 27.9. The predicted molar refractivity (Wildman–Crippen MR) is 186 cm³/mol. The van der Waals surface area contributed by atoms with E-state index in [-0.39, 0.29) is 5.91 Å². The zero-order chi connectivity index (χ0) is 35.9. The maximum atomic E-state index is 13.3. The second kappa shape index (κ2) is 15.5. The number of allylic oxidation sites excluding steroid dienone is 1. The van der Waals surface area contributed by atoms with Crippen LogP contribution in [0.25, 0.3) is 22.3 Å². The summed E-state index contributed by atoms with van der Waals surface area (Å²) in [7, 11) is 0. The van der Waals surface area contributed by atoms with Crippen LogP contribution in [-0.4, -0.2) is 49.7 Å². The summed E-state index contributed by atoms with van der Waals surface area (Å²) in [5.74, 6) is -0.301. The van der Waals surface area contributed by atoms with Crippen molar-refractivity contribution in [3.63, 3.8) is 0 Å². The summed E-state index contributed by atoms with van der Waals surface area (Å²) in [6.45, 7) is 7.79. The van der Waals surface area contributed by atoms with Gasteiger partial charge in [0.05, 0.1) is 11.0 Å². The Balaban J connectivity index is 1.17. The number of benzene rings is 4. The highest BCUT2D eigenvalue weighted by Crippen LogP contribution is 2.54. The van der Waals surface area contributed by atoms with Gasteiger partial charge in [0.25, 0.3) is 5.91 Å². The van der Waals surface area contributed by atoms with E-state index in [0.717, 1.165) is 66.9 Å². The molecular weight excluding hydrogens is 652 g/mol. The van der Waals surface area contributed by atoms with Crippen molar-refractivity contribution in [2.24, 2.45) is 0 Å². The molecule has 0 saturated carbocycles. The molecule has 10 heteroatoms. The number of unbranched alkanes of at least 4 members (excludes halogenated alkanes) is 1. The van der Waals surface area contributed by atoms with E-state index in [1.165, 1.54) is 12.1 Å². The van der Waals surface area contributed by atoms with Crippen molar-refractivity contribution in [1.29, 1.82) is 0 Å². The van der Waals surface area contributed by atoms with E-state index in [1.807, 2.05) is 48.5 Å². The number of nitrogens with one attached hydrogen (secondary N) is 2. The van der Waals surface area contributed by atoms with Gasteiger partial charge in [-0.2, -0.15) is 26.3 Å². The van der Waals surface area contributed by atoms with E-state index in [2.05, 4.69) is 29.0 Å². The van der Waals surface area contributed by atoms with E-state index in [0.29, 0.717) is 41.8 Å². The van der Waals surface area contributed by atoms with E-state index in [1.54, 1.807) is 24.3 Å². The fourth-order valence-electron chi connectivity index (χ4n) is 6.95. The molecule has 0 fully saturated rings. The molecule has 5 rings (SSSR count). The average molecular weight is 694 g/mol. The topological polar surface area (TPSA) is 44.4 Å². The summed E-state index contributed by atoms with van der Waals surface area (Å²) < 4.78 is 78.9. The molecule has 50 heavy (non-hydrogen) atoms. The van der Waals surface area contributed by atoms with Crippen LogP contribution in [0.3, 0.4) is 0 Å². The third-order valence-electron chi connectivity index (χ3n) is 9.44. The summed E-state index contributed by atoms with van der Waals surface area (Å²) in [5, 5.41) is 5.56. The first-order chi connectivity index (χ1) is 23.8. The van der Waals surface area contributed by atoms with Crippen LogP contribution >= 0.6 is 0 Å². The highest BCUT2D eigenvalue weighted by Gasteiger charge is 2.45. The number of nitrogens with zero attached hydrogens (tertiary/aromatic N) is 1. The van der Waals surface area contributed by atoms with Gasteiger partial charge in [0.2, 0.25) is 0 Å². The van der Waals surface area contributed by atoms with Crippen molar-refractivity contribution in [1.82, 2.24) is 15.5 Å². The van der Waals surface area contributed by atoms with Crippen LogP contribution in [-0.2, 0) is 11.6 Å². The third kappa shape index (κ3) is 8.24. The molecule has 0 radical (unpaired) electrons. The van der Waals surface area contributed by atoms with Gasteiger partial charge in [0.15, 0.2) is 0 Å². The van der Waals surface area contributed by atoms with Crippen LogP contribution < -0.4 is 10.6 Å². The summed E-state index contributed by atoms with van der Waals surface area (Å²) in [6.07, 6.45) is -5.97. The van der Waals surface area contributed by atoms with Gasteiger partial charge in [0.1, 0.15) is 6.54 Å². The highest BCUT2D eigenvalue weighted by molar-refractivity contribution is 6.00. The number of fused-ring (bicyclic) bond motifs is 3. The molecule has 4 aromatic rings. The van der Waals surface area contributed by atoms with Gasteiger partial charge >= 0.3 is 12.4 Å². The Morgan fingerprint density at radius 3 is 1.86 bits per heavy atom. The minimum absolute atomic E-state index is 0.301. The largest absolute Gasteiger partial charge is 0.416 e. The third-order valence-corrected chi connectivity index (χ3v) is 9.44. The van der Waals surface area contributed by atoms with Gasteiger partial charge in [-0.1, -0.05) is 98.8 Å². The molecule has 1 aliphatic rings. The first-order valence-electron chi connectivity index (χ1n) is 16.8. The summed E-state index contributed by atoms with van der Waals surface area (Å²) in [5.41, 5.74) is 4.20. The Kier molecular flexibility index (Phi) is 11.4. The van der Waals surface area contributed by atoms with Gasteiger partial charge < -0.3 is 15.5 Å². The second-order valence-electron chi connectivity index (χ2n) is 12.6. The molecule has 0 unspecified atom stereocenters. The zero-order valence-electron chi connectivity index (χ0n) is 27.9. The molecule has 4 aromatic carbocycles. The summed E-state index contributed by atoms with van der Waals surface area (Å²) >= 11 is 0. The number of carbonyl (C=O) groups is 1. The van der Waals surface area contributed by atoms with E-state index in [9.17, 15) is 31.1 Å². The number of halogens is 6. The van der Waals surface area contributed by atoms with Crippen LogP contribution in [0.5, 0.6) is 0 Å². The van der Waals surface area contributed by atoms with Crippen LogP contribution in [0.4, 0.5) is 26.3 Å². The fraction of sp³-hybridized carbons (Fsp3) is 0.325. The number of alkyl halides is 6. The predicted octanol–water partition coefficient (Wildman–Crippen LogP) is 9.62. The molecule has 0 aromatic heterocycles. The molecule has 1 amide bonds. The SMILES string of the molecule is C=C(NCC(F)(F)F)C1(CCCCN(CC)CCCNC(=O)c2ccccc2-c2ccc(C(F)(F)F)cc2)c2ccccc2-c2ccccc21. The lowest BCUT2D eigenvalue weighted by Gasteiger charge is -2.35. The lowest BCUT2D eigenvalue weighted by Crippen LogP contribution is -2.39. The second-order valence-corrected chi connectivity index (χ2v) is 12.6. The Hall–Kier alpha value is -4.57. The quantitative estimate of drug-likeness (QED) is 0.0963. The van der Waals surface area contributed by atoms with E-state index in [4.69, 9.17) is 0 Å². The van der Waals surface area contributed by atoms with Crippen molar-refractivity contribution >= 4 is 5.91 Å². The lowest BCUT2D eigenvalue weighted by atomic mass is 9.72. The van der Waals surface area contributed by atoms with Gasteiger partial charge in [-0.05, 0) is 90.5 Å². The van der Waals surface area contributed by atoms with Gasteiger partial charge in [-0.25, -0.2) is 0 Å². The molecule has 2 N–H and O–H groups in total. The van der Waals surface area contributed by atoms with Crippen LogP contribution in [0.15, 0.2) is 109 Å². The molecule has 0 aliphatic heterocycles. The Labute approximate surface area is 289 Å². The Bertz CT molecular complexity index is 1740. The number of rotatable bonds is 15. The van der Waals surface area contributed by atoms with Gasteiger partial charge in [-0.15, -0.1) is 0 Å². The Morgan fingerprint density at radius 2 is 1.28 bits per heavy atom. The van der Waals surface area contributed by atoms with Crippen LogP contribution in [0.2, 0.25) is 0 Å². The molecule has 0 atom stereocenters. The van der Waals surface area contributed by atoms with Crippen molar-refractivity contribution in [3.05, 3.63) is 132 Å². The standard InChI is InChI=1S/C40H41F6N3O/c1-3-49(26-12-24-47-37(50)34-16-5-4-13-31(34)29-19-21-30(22-20-29)40(44,45)46)25-11-10-23-38(28(2)48-27-39(41,42)43)35-17-8-6-14-32(35)33-15-7-9-18-36(33)38/h4-9,13-22,48H,2-3,10-12,23-27H2,1H3,(H,47,50). The van der Waals surface area contributed by atoms with Crippen molar-refractivity contribution < 1.29 is 31.1 Å². The summed E-state index contributed by atoms with van der Waals surface area (Å²) in [4.78, 5) is 15.4. The molecule has 1 aliphatic carbocycles. The lowest BCUT2D eigenvalue weighted by molar-refractivity contribution is -0.137. The first-order valence-corrected chi connectivity index (χ1v) is 16.8. The molecule has 0 heterocycles. The van der Waals surface area contributed by atoms with Crippen LogP contribution in [0.1, 0.15) is 59.7 Å². The molecule has 4 nitrogen and oxygen atoms in total. The maximum absolute atomic E-state index is 13.3. The van der Waals surface area contributed by atoms with Gasteiger partial charge in [-0.3, -0.25) is 4.79 Å². The van der Waals surface area contributed by atoms with E-state index >= 15 is 0 Å². The molecule has 0 saturated heterocycles. The number of hydrogen-bond donors (Lipinski definition) is 2. The van der Waals surface area contributed by atoms with Crippen LogP contribution in [0, 0.1) is 0 Å². The number of carbonyl (C=O) groups excluding carboxylic acids is 1. The smallest absolute Gasteiger partial charge is 0.379 e. The normalized spacial score (nSPS) is 13.5. The monoisotopic (exact) mass is 693 g/mol. The summed E-state index contributed by atoms with van der Waals surface area (Å²) in [6, 6.07) is 27.3. The number of hydrogen-bond acceptors (Lipinski definition) is 3. The van der Waals surface area contributed by atoms with Crippen molar-refractivity contribution in [2.75, 3.05) is 32.7 Å². The Morgan fingerprint density at radius 1 is 0.720 bits per heavy atom. The molecule has 0 bridgehead atoms. The first kappa shape index (κ1) is 36.7. The molecule has 264 valence electrons. The average Bonchev–Trinajstić information content (AvgIpc) is 3.39. The highest BCUT2D eigenvalue weighted by atomic mass is 19.4. The minimum Gasteiger partial charge on any atom is -0.379 e. The van der Waals surface area contributed by atoms with E-state index < -0.39 is 29.9 Å². The molecule has 0 spiro atoms.